The summed E-state index contributed by atoms with van der Waals surface area (Å²) < 4.78 is 0. The van der Waals surface area contributed by atoms with Gasteiger partial charge in [-0.1, -0.05) is 86.2 Å². The molecule has 0 aliphatic heterocycles. The average molecular weight is 355 g/mol. The fourth-order valence-electron chi connectivity index (χ4n) is 3.55. The van der Waals surface area contributed by atoms with Gasteiger partial charge in [-0.15, -0.1) is 0 Å². The number of aliphatic hydroxyl groups excluding tert-OH is 1. The zero-order valence-corrected chi connectivity index (χ0v) is 16.6. The Balaban J connectivity index is 2.33. The van der Waals surface area contributed by atoms with Crippen LogP contribution in [-0.2, 0) is 0 Å². The van der Waals surface area contributed by atoms with Crippen molar-refractivity contribution in [1.29, 1.82) is 0 Å². The van der Waals surface area contributed by atoms with Gasteiger partial charge in [0.15, 0.2) is 0 Å². The van der Waals surface area contributed by atoms with Crippen LogP contribution in [0.4, 0.5) is 0 Å². The van der Waals surface area contributed by atoms with Crippen LogP contribution in [0.5, 0.6) is 0 Å². The van der Waals surface area contributed by atoms with Crippen molar-refractivity contribution in [2.75, 3.05) is 6.61 Å². The summed E-state index contributed by atoms with van der Waals surface area (Å²) in [5, 5.41) is 10.9. The maximum Gasteiger partial charge on any atom is 0.258 e. The Kier molecular flexibility index (Phi) is 6.76. The highest BCUT2D eigenvalue weighted by Gasteiger charge is 2.49. The summed E-state index contributed by atoms with van der Waals surface area (Å²) in [6, 6.07) is 20.3. The van der Waals surface area contributed by atoms with Gasteiger partial charge in [0.2, 0.25) is 0 Å². The molecule has 0 saturated carbocycles. The number of rotatable bonds is 8. The summed E-state index contributed by atoms with van der Waals surface area (Å²) in [6.07, 6.45) is 4.77. The van der Waals surface area contributed by atoms with E-state index in [9.17, 15) is 4.80 Å². The van der Waals surface area contributed by atoms with Crippen molar-refractivity contribution >= 4 is 18.7 Å². The largest absolute Gasteiger partial charge is 0.424 e. The van der Waals surface area contributed by atoms with Crippen LogP contribution in [0.15, 0.2) is 72.3 Å². The fourth-order valence-corrected chi connectivity index (χ4v) is 7.34. The lowest BCUT2D eigenvalue weighted by Crippen LogP contribution is -2.65. The van der Waals surface area contributed by atoms with Gasteiger partial charge in [-0.2, -0.15) is 0 Å². The molecular formula is C22H30O2Si. The van der Waals surface area contributed by atoms with Crippen LogP contribution < -0.4 is 10.4 Å². The SMILES string of the molecule is CC(=CCO)CCCC(C)(C)[Si](O)(c1ccccc1)c1ccccc1. The van der Waals surface area contributed by atoms with E-state index in [1.54, 1.807) is 0 Å². The minimum Gasteiger partial charge on any atom is -0.424 e. The molecule has 0 heterocycles. The van der Waals surface area contributed by atoms with Crippen LogP contribution in [0.2, 0.25) is 5.04 Å². The highest BCUT2D eigenvalue weighted by Crippen LogP contribution is 2.40. The van der Waals surface area contributed by atoms with Crippen LogP contribution >= 0.6 is 0 Å². The number of hydrogen-bond acceptors (Lipinski definition) is 2. The summed E-state index contributed by atoms with van der Waals surface area (Å²) in [5.74, 6) is 0. The minimum atomic E-state index is -2.89. The van der Waals surface area contributed by atoms with Crippen LogP contribution in [0.3, 0.4) is 0 Å². The third kappa shape index (κ3) is 4.49. The number of allylic oxidation sites excluding steroid dienone is 1. The predicted octanol–water partition coefficient (Wildman–Crippen LogP) is 3.63. The molecule has 0 saturated heterocycles. The average Bonchev–Trinajstić information content (AvgIpc) is 2.62. The van der Waals surface area contributed by atoms with Gasteiger partial charge >= 0.3 is 0 Å². The molecule has 25 heavy (non-hydrogen) atoms. The molecule has 3 heteroatoms. The summed E-state index contributed by atoms with van der Waals surface area (Å²) in [6.45, 7) is 6.55. The second-order valence-corrected chi connectivity index (χ2v) is 11.3. The van der Waals surface area contributed by atoms with E-state index in [4.69, 9.17) is 5.11 Å². The van der Waals surface area contributed by atoms with Crippen molar-refractivity contribution in [2.45, 2.75) is 45.1 Å². The number of hydrogen-bond donors (Lipinski definition) is 2. The second-order valence-electron chi connectivity index (χ2n) is 7.41. The topological polar surface area (TPSA) is 40.5 Å². The lowest BCUT2D eigenvalue weighted by atomic mass is 10.0. The number of aliphatic hydroxyl groups is 1. The molecular weight excluding hydrogens is 324 g/mol. The third-order valence-electron chi connectivity index (χ3n) is 5.18. The van der Waals surface area contributed by atoms with E-state index < -0.39 is 8.32 Å². The highest BCUT2D eigenvalue weighted by molar-refractivity contribution is 6.98. The van der Waals surface area contributed by atoms with Crippen LogP contribution in [0.25, 0.3) is 0 Å². The lowest BCUT2D eigenvalue weighted by molar-refractivity contribution is 0.341. The van der Waals surface area contributed by atoms with Gasteiger partial charge in [-0.3, -0.25) is 0 Å². The normalized spacial score (nSPS) is 13.1. The molecule has 134 valence electrons. The molecule has 0 atom stereocenters. The monoisotopic (exact) mass is 354 g/mol. The molecule has 2 aromatic rings. The van der Waals surface area contributed by atoms with Gasteiger partial charge in [0.25, 0.3) is 8.32 Å². The molecule has 0 radical (unpaired) electrons. The molecule has 2 aromatic carbocycles. The minimum absolute atomic E-state index is 0.0992. The first-order chi connectivity index (χ1) is 11.9. The number of benzene rings is 2. The molecule has 0 bridgehead atoms. The molecule has 0 fully saturated rings. The Morgan fingerprint density at radius 2 is 1.44 bits per heavy atom. The Hall–Kier alpha value is -1.68. The summed E-state index contributed by atoms with van der Waals surface area (Å²) in [5.41, 5.74) is 1.21. The van der Waals surface area contributed by atoms with Gasteiger partial charge in [-0.05, 0) is 41.6 Å². The molecule has 0 aromatic heterocycles. The van der Waals surface area contributed by atoms with Crippen LogP contribution in [-0.4, -0.2) is 24.8 Å². The fraction of sp³-hybridized carbons (Fsp3) is 0.364. The van der Waals surface area contributed by atoms with E-state index in [0.717, 1.165) is 29.6 Å². The molecule has 0 aliphatic carbocycles. The summed E-state index contributed by atoms with van der Waals surface area (Å²) in [4.78, 5) is 12.0. The van der Waals surface area contributed by atoms with Gasteiger partial charge < -0.3 is 9.90 Å². The maximum atomic E-state index is 12.0. The zero-order chi connectivity index (χ0) is 18.3. The van der Waals surface area contributed by atoms with E-state index in [-0.39, 0.29) is 11.6 Å². The zero-order valence-electron chi connectivity index (χ0n) is 15.6. The van der Waals surface area contributed by atoms with Gasteiger partial charge in [0.1, 0.15) is 0 Å². The Bertz CT molecular complexity index is 638. The second kappa shape index (κ2) is 8.61. The molecule has 2 nitrogen and oxygen atoms in total. The van der Waals surface area contributed by atoms with Crippen molar-refractivity contribution < 1.29 is 9.90 Å². The predicted molar refractivity (Wildman–Crippen MR) is 109 cm³/mol. The van der Waals surface area contributed by atoms with E-state index in [2.05, 4.69) is 45.0 Å². The summed E-state index contributed by atoms with van der Waals surface area (Å²) in [7, 11) is -2.89. The first-order valence-electron chi connectivity index (χ1n) is 9.02. The quantitative estimate of drug-likeness (QED) is 0.561. The van der Waals surface area contributed by atoms with Crippen molar-refractivity contribution in [3.63, 3.8) is 0 Å². The van der Waals surface area contributed by atoms with Gasteiger partial charge in [0, 0.05) is 0 Å². The van der Waals surface area contributed by atoms with E-state index in [1.165, 1.54) is 5.57 Å². The first-order valence-corrected chi connectivity index (χ1v) is 11.0. The Morgan fingerprint density at radius 1 is 0.960 bits per heavy atom. The van der Waals surface area contributed by atoms with Gasteiger partial charge in [-0.25, -0.2) is 0 Å². The standard InChI is InChI=1S/C22H30O2Si/c1-19(16-18-23)11-10-17-22(2,3)25(24,20-12-6-4-7-13-20)21-14-8-5-9-15-21/h4-9,12-16,23-24H,10-11,17-18H2,1-3H3. The molecule has 0 amide bonds. The van der Waals surface area contributed by atoms with E-state index in [0.29, 0.717) is 0 Å². The Morgan fingerprint density at radius 3 is 1.88 bits per heavy atom. The smallest absolute Gasteiger partial charge is 0.258 e. The molecule has 0 unspecified atom stereocenters. The van der Waals surface area contributed by atoms with Crippen molar-refractivity contribution in [2.24, 2.45) is 0 Å². The maximum absolute atomic E-state index is 12.0. The van der Waals surface area contributed by atoms with Crippen LogP contribution in [0.1, 0.15) is 40.0 Å². The molecule has 2 N–H and O–H groups in total. The highest BCUT2D eigenvalue weighted by atomic mass is 28.4. The van der Waals surface area contributed by atoms with Crippen molar-refractivity contribution in [3.05, 3.63) is 72.3 Å². The van der Waals surface area contributed by atoms with Gasteiger partial charge in [0.05, 0.1) is 6.61 Å². The van der Waals surface area contributed by atoms with E-state index >= 15 is 0 Å². The van der Waals surface area contributed by atoms with E-state index in [1.807, 2.05) is 42.5 Å². The third-order valence-corrected chi connectivity index (χ3v) is 9.72. The molecule has 0 aliphatic rings. The first kappa shape index (κ1) is 19.6. The lowest BCUT2D eigenvalue weighted by Gasteiger charge is -2.41. The Labute approximate surface area is 153 Å². The van der Waals surface area contributed by atoms with Crippen molar-refractivity contribution in [3.8, 4) is 0 Å². The molecule has 2 rings (SSSR count). The summed E-state index contributed by atoms with van der Waals surface area (Å²) >= 11 is 0. The molecule has 0 spiro atoms. The van der Waals surface area contributed by atoms with Crippen molar-refractivity contribution in [1.82, 2.24) is 0 Å². The van der Waals surface area contributed by atoms with Crippen LogP contribution in [0, 0.1) is 0 Å².